The van der Waals surface area contributed by atoms with Gasteiger partial charge in [0.25, 0.3) is 0 Å². The lowest BCUT2D eigenvalue weighted by atomic mass is 9.44. The number of ketones is 1. The Bertz CT molecular complexity index is 925. The van der Waals surface area contributed by atoms with Gasteiger partial charge in [0.2, 0.25) is 0 Å². The van der Waals surface area contributed by atoms with Crippen molar-refractivity contribution in [2.45, 2.75) is 120 Å². The smallest absolute Gasteiger partial charge is 0.159 e. The molecular formula is C27H44O9. The number of fused-ring (bicyclic) bond motifs is 5. The van der Waals surface area contributed by atoms with Crippen LogP contribution in [0.4, 0.5) is 0 Å². The van der Waals surface area contributed by atoms with Crippen molar-refractivity contribution in [2.24, 2.45) is 28.6 Å². The second-order valence-electron chi connectivity index (χ2n) is 13.4. The van der Waals surface area contributed by atoms with Crippen molar-refractivity contribution in [1.29, 1.82) is 0 Å². The van der Waals surface area contributed by atoms with Crippen molar-refractivity contribution < 1.29 is 45.6 Å². The van der Waals surface area contributed by atoms with Crippen LogP contribution in [0.3, 0.4) is 0 Å². The van der Waals surface area contributed by atoms with E-state index >= 15 is 0 Å². The highest BCUT2D eigenvalue weighted by atomic mass is 16.4. The minimum Gasteiger partial charge on any atom is -0.392 e. The lowest BCUT2D eigenvalue weighted by molar-refractivity contribution is -0.200. The molecule has 3 saturated carbocycles. The third kappa shape index (κ3) is 3.85. The Labute approximate surface area is 212 Å². The zero-order chi connectivity index (χ0) is 27.2. The summed E-state index contributed by atoms with van der Waals surface area (Å²) in [5.74, 6) is -2.12. The van der Waals surface area contributed by atoms with Crippen molar-refractivity contribution in [2.75, 3.05) is 0 Å². The largest absolute Gasteiger partial charge is 0.392 e. The fourth-order valence-corrected chi connectivity index (χ4v) is 8.39. The first kappa shape index (κ1) is 28.1. The molecule has 36 heavy (non-hydrogen) atoms. The molecule has 0 saturated heterocycles. The highest BCUT2D eigenvalue weighted by Gasteiger charge is 2.71. The number of allylic oxidation sites excluding steroid dienone is 1. The summed E-state index contributed by atoms with van der Waals surface area (Å²) in [5.41, 5.74) is -6.34. The van der Waals surface area contributed by atoms with E-state index in [-0.39, 0.29) is 37.9 Å². The van der Waals surface area contributed by atoms with Crippen LogP contribution in [0.1, 0.15) is 73.1 Å². The summed E-state index contributed by atoms with van der Waals surface area (Å²) in [6.07, 6.45) is -3.82. The maximum absolute atomic E-state index is 13.3. The Morgan fingerprint density at radius 3 is 2.19 bits per heavy atom. The van der Waals surface area contributed by atoms with Crippen LogP contribution in [-0.4, -0.2) is 94.0 Å². The van der Waals surface area contributed by atoms with E-state index in [9.17, 15) is 45.6 Å². The molecule has 0 bridgehead atoms. The number of hydrogen-bond donors (Lipinski definition) is 8. The molecule has 0 amide bonds. The van der Waals surface area contributed by atoms with Crippen LogP contribution in [0.25, 0.3) is 0 Å². The van der Waals surface area contributed by atoms with Gasteiger partial charge < -0.3 is 40.9 Å². The van der Waals surface area contributed by atoms with E-state index in [1.54, 1.807) is 6.92 Å². The zero-order valence-electron chi connectivity index (χ0n) is 21.9. The molecule has 3 unspecified atom stereocenters. The fraction of sp³-hybridized carbons (Fsp3) is 0.889. The molecule has 9 heteroatoms. The quantitative estimate of drug-likeness (QED) is 0.247. The average molecular weight is 513 g/mol. The molecule has 4 aliphatic carbocycles. The van der Waals surface area contributed by atoms with E-state index in [4.69, 9.17) is 0 Å². The van der Waals surface area contributed by atoms with Crippen LogP contribution in [0.5, 0.6) is 0 Å². The second-order valence-corrected chi connectivity index (χ2v) is 13.4. The van der Waals surface area contributed by atoms with Gasteiger partial charge in [-0.05, 0) is 75.9 Å². The van der Waals surface area contributed by atoms with Crippen LogP contribution < -0.4 is 0 Å². The lowest BCUT2D eigenvalue weighted by Crippen LogP contribution is -2.66. The molecule has 0 aliphatic heterocycles. The van der Waals surface area contributed by atoms with Gasteiger partial charge >= 0.3 is 0 Å². The van der Waals surface area contributed by atoms with Crippen LogP contribution in [0.15, 0.2) is 11.6 Å². The number of rotatable bonds is 5. The SMILES string of the molecule is CC(C)(O)C(O)CC(O)C(C)(O)[C@H]1CC[C@@]2(O)C3=CC(=O)[C@@H]4C[C@@H](O)[C@@H](O)C[C@]4(C)[C@H]3[C@H](O)C[C@]12C. The molecule has 0 aromatic carbocycles. The number of hydrogen-bond acceptors (Lipinski definition) is 9. The Morgan fingerprint density at radius 2 is 1.61 bits per heavy atom. The summed E-state index contributed by atoms with van der Waals surface area (Å²) in [5, 5.41) is 87.4. The fourth-order valence-electron chi connectivity index (χ4n) is 8.39. The Kier molecular flexibility index (Phi) is 6.67. The zero-order valence-corrected chi connectivity index (χ0v) is 21.9. The molecule has 0 spiro atoms. The van der Waals surface area contributed by atoms with E-state index in [0.29, 0.717) is 12.0 Å². The van der Waals surface area contributed by atoms with Gasteiger partial charge in [0.15, 0.2) is 5.78 Å². The predicted octanol–water partition coefficient (Wildman–Crippen LogP) is -0.204. The Balaban J connectivity index is 1.71. The Hall–Kier alpha value is -0.910. The van der Waals surface area contributed by atoms with Crippen molar-refractivity contribution in [3.05, 3.63) is 11.6 Å². The van der Waals surface area contributed by atoms with E-state index in [1.807, 2.05) is 6.92 Å². The summed E-state index contributed by atoms with van der Waals surface area (Å²) in [4.78, 5) is 13.3. The molecule has 9 nitrogen and oxygen atoms in total. The number of carbonyl (C=O) groups is 1. The van der Waals surface area contributed by atoms with Crippen LogP contribution >= 0.6 is 0 Å². The van der Waals surface area contributed by atoms with Crippen molar-refractivity contribution in [1.82, 2.24) is 0 Å². The normalized spacial score (nSPS) is 48.2. The molecule has 0 aromatic heterocycles. The molecule has 0 heterocycles. The average Bonchev–Trinajstić information content (AvgIpc) is 3.01. The molecule has 12 atom stereocenters. The first-order valence-electron chi connectivity index (χ1n) is 13.1. The topological polar surface area (TPSA) is 179 Å². The third-order valence-corrected chi connectivity index (χ3v) is 10.7. The first-order valence-corrected chi connectivity index (χ1v) is 13.1. The first-order chi connectivity index (χ1) is 16.3. The summed E-state index contributed by atoms with van der Waals surface area (Å²) < 4.78 is 0. The number of aliphatic hydroxyl groups excluding tert-OH is 5. The van der Waals surface area contributed by atoms with Crippen molar-refractivity contribution in [3.8, 4) is 0 Å². The van der Waals surface area contributed by atoms with Gasteiger partial charge in [0.05, 0.1) is 47.3 Å². The van der Waals surface area contributed by atoms with E-state index in [0.717, 1.165) is 0 Å². The number of aliphatic hydroxyl groups is 8. The van der Waals surface area contributed by atoms with Gasteiger partial charge in [-0.15, -0.1) is 0 Å². The second kappa shape index (κ2) is 8.55. The predicted molar refractivity (Wildman–Crippen MR) is 129 cm³/mol. The molecule has 3 fully saturated rings. The maximum atomic E-state index is 13.3. The van der Waals surface area contributed by atoms with Gasteiger partial charge in [-0.1, -0.05) is 13.8 Å². The molecule has 8 N–H and O–H groups in total. The summed E-state index contributed by atoms with van der Waals surface area (Å²) in [7, 11) is 0. The van der Waals surface area contributed by atoms with Crippen molar-refractivity contribution >= 4 is 5.78 Å². The maximum Gasteiger partial charge on any atom is 0.159 e. The molecule has 4 aliphatic rings. The van der Waals surface area contributed by atoms with Gasteiger partial charge in [-0.25, -0.2) is 0 Å². The molecule has 206 valence electrons. The number of carbonyl (C=O) groups excluding carboxylic acids is 1. The minimum atomic E-state index is -1.77. The molecule has 4 rings (SSSR count). The minimum absolute atomic E-state index is 0.0895. The van der Waals surface area contributed by atoms with Crippen LogP contribution in [0.2, 0.25) is 0 Å². The van der Waals surface area contributed by atoms with Crippen LogP contribution in [0, 0.1) is 28.6 Å². The summed E-state index contributed by atoms with van der Waals surface area (Å²) >= 11 is 0. The molecule has 0 radical (unpaired) electrons. The Morgan fingerprint density at radius 1 is 1.00 bits per heavy atom. The third-order valence-electron chi connectivity index (χ3n) is 10.7. The standard InChI is InChI=1S/C27H44O9/c1-23(2,34)20(32)10-21(33)26(5,35)19-6-7-27(36)14-9-15(28)13-8-16(29)17(30)11-24(13,3)22(14)18(31)12-25(19,27)4/h9,13,16-22,29-36H,6-8,10-12H2,1-5H3/t13-,16+,17-,18+,19-,20?,21?,22+,24-,25+,26?,27+/m0/s1. The summed E-state index contributed by atoms with van der Waals surface area (Å²) in [6, 6.07) is 0. The highest BCUT2D eigenvalue weighted by molar-refractivity contribution is 5.95. The van der Waals surface area contributed by atoms with Gasteiger partial charge in [-0.3, -0.25) is 4.79 Å². The van der Waals surface area contributed by atoms with Crippen molar-refractivity contribution in [3.63, 3.8) is 0 Å². The van der Waals surface area contributed by atoms with Gasteiger partial charge in [0, 0.05) is 23.7 Å². The van der Waals surface area contributed by atoms with E-state index < -0.39 is 75.9 Å². The summed E-state index contributed by atoms with van der Waals surface area (Å²) in [6.45, 7) is 7.87. The lowest BCUT2D eigenvalue weighted by Gasteiger charge is -2.62. The van der Waals surface area contributed by atoms with E-state index in [1.165, 1.54) is 26.8 Å². The van der Waals surface area contributed by atoms with Gasteiger partial charge in [-0.2, -0.15) is 0 Å². The highest BCUT2D eigenvalue weighted by Crippen LogP contribution is 2.68. The van der Waals surface area contributed by atoms with E-state index in [2.05, 4.69) is 0 Å². The molecule has 0 aromatic rings. The van der Waals surface area contributed by atoms with Crippen LogP contribution in [-0.2, 0) is 4.79 Å². The molecular weight excluding hydrogens is 468 g/mol. The van der Waals surface area contributed by atoms with Gasteiger partial charge in [0.1, 0.15) is 0 Å². The monoisotopic (exact) mass is 512 g/mol.